The minimum atomic E-state index is -4.54. The standard InChI is InChI=1S/C13H16F3NO2S.2C2H6/c1-10-11(13(14,15)16)6-5-7-12(10)20(18,19)17-8-3-2-4-9-17;2*1-2/h5-7H,2-4,8-9H2,1H3;2*1-2H3. The molecule has 0 N–H and O–H groups in total. The van der Waals surface area contributed by atoms with Gasteiger partial charge in [-0.25, -0.2) is 8.42 Å². The van der Waals surface area contributed by atoms with Gasteiger partial charge in [-0.05, 0) is 37.5 Å². The van der Waals surface area contributed by atoms with Gasteiger partial charge in [-0.2, -0.15) is 17.5 Å². The molecule has 1 saturated heterocycles. The molecular formula is C17H28F3NO2S. The first-order chi connectivity index (χ1) is 11.2. The zero-order chi connectivity index (χ0) is 19.0. The van der Waals surface area contributed by atoms with Gasteiger partial charge >= 0.3 is 6.18 Å². The highest BCUT2D eigenvalue weighted by Gasteiger charge is 2.36. The van der Waals surface area contributed by atoms with Gasteiger partial charge in [0.15, 0.2) is 0 Å². The summed E-state index contributed by atoms with van der Waals surface area (Å²) in [4.78, 5) is -0.241. The van der Waals surface area contributed by atoms with E-state index in [2.05, 4.69) is 0 Å². The van der Waals surface area contributed by atoms with Crippen molar-refractivity contribution in [1.82, 2.24) is 4.31 Å². The highest BCUT2D eigenvalue weighted by Crippen LogP contribution is 2.35. The number of piperidine rings is 1. The zero-order valence-electron chi connectivity index (χ0n) is 15.1. The summed E-state index contributed by atoms with van der Waals surface area (Å²) >= 11 is 0. The molecular weight excluding hydrogens is 339 g/mol. The summed E-state index contributed by atoms with van der Waals surface area (Å²) in [7, 11) is -3.84. The molecule has 1 fully saturated rings. The van der Waals surface area contributed by atoms with E-state index in [4.69, 9.17) is 0 Å². The molecule has 0 aromatic heterocycles. The molecule has 0 amide bonds. The van der Waals surface area contributed by atoms with Gasteiger partial charge in [0, 0.05) is 13.1 Å². The third kappa shape index (κ3) is 5.48. The third-order valence-electron chi connectivity index (χ3n) is 3.52. The van der Waals surface area contributed by atoms with Crippen molar-refractivity contribution in [3.63, 3.8) is 0 Å². The van der Waals surface area contributed by atoms with E-state index < -0.39 is 21.8 Å². The molecule has 0 unspecified atom stereocenters. The third-order valence-corrected chi connectivity index (χ3v) is 5.57. The van der Waals surface area contributed by atoms with Gasteiger partial charge in [-0.1, -0.05) is 40.2 Å². The second-order valence-electron chi connectivity index (χ2n) is 4.89. The van der Waals surface area contributed by atoms with Crippen LogP contribution in [0.4, 0.5) is 13.2 Å². The summed E-state index contributed by atoms with van der Waals surface area (Å²) in [5, 5.41) is 0. The molecule has 1 heterocycles. The van der Waals surface area contributed by atoms with Crippen LogP contribution in [-0.2, 0) is 16.2 Å². The molecule has 0 saturated carbocycles. The largest absolute Gasteiger partial charge is 0.416 e. The van der Waals surface area contributed by atoms with E-state index in [0.717, 1.165) is 31.4 Å². The fraction of sp³-hybridized carbons (Fsp3) is 0.647. The van der Waals surface area contributed by atoms with Gasteiger partial charge in [0.05, 0.1) is 10.5 Å². The van der Waals surface area contributed by atoms with Crippen molar-refractivity contribution in [2.45, 2.75) is 65.0 Å². The van der Waals surface area contributed by atoms with Crippen LogP contribution in [0, 0.1) is 6.92 Å². The minimum Gasteiger partial charge on any atom is -0.207 e. The monoisotopic (exact) mass is 367 g/mol. The lowest BCUT2D eigenvalue weighted by molar-refractivity contribution is -0.138. The summed E-state index contributed by atoms with van der Waals surface area (Å²) in [6.45, 7) is 9.95. The van der Waals surface area contributed by atoms with E-state index in [9.17, 15) is 21.6 Å². The van der Waals surface area contributed by atoms with Crippen LogP contribution in [0.2, 0.25) is 0 Å². The van der Waals surface area contributed by atoms with Crippen LogP contribution in [0.15, 0.2) is 23.1 Å². The number of hydrogen-bond donors (Lipinski definition) is 0. The molecule has 1 aliphatic rings. The van der Waals surface area contributed by atoms with Crippen molar-refractivity contribution in [3.05, 3.63) is 29.3 Å². The summed E-state index contributed by atoms with van der Waals surface area (Å²) in [6.07, 6.45) is -2.10. The van der Waals surface area contributed by atoms with E-state index in [-0.39, 0.29) is 10.5 Å². The molecule has 0 aliphatic carbocycles. The first kappa shape index (κ1) is 22.9. The predicted octanol–water partition coefficient (Wildman–Crippen LogP) is 5.24. The van der Waals surface area contributed by atoms with Crippen LogP contribution in [0.5, 0.6) is 0 Å². The summed E-state index contributed by atoms with van der Waals surface area (Å²) in [5.74, 6) is 0. The molecule has 0 bridgehead atoms. The Morgan fingerprint density at radius 3 is 1.92 bits per heavy atom. The molecule has 2 rings (SSSR count). The van der Waals surface area contributed by atoms with Crippen LogP contribution < -0.4 is 0 Å². The van der Waals surface area contributed by atoms with Gasteiger partial charge in [0.1, 0.15) is 0 Å². The van der Waals surface area contributed by atoms with Gasteiger partial charge in [-0.3, -0.25) is 0 Å². The number of hydrogen-bond acceptors (Lipinski definition) is 2. The van der Waals surface area contributed by atoms with Crippen molar-refractivity contribution >= 4 is 10.0 Å². The van der Waals surface area contributed by atoms with E-state index >= 15 is 0 Å². The van der Waals surface area contributed by atoms with Crippen LogP contribution in [0.3, 0.4) is 0 Å². The summed E-state index contributed by atoms with van der Waals surface area (Å²) in [5.41, 5.74) is -1.12. The van der Waals surface area contributed by atoms with Gasteiger partial charge in [-0.15, -0.1) is 0 Å². The first-order valence-electron chi connectivity index (χ1n) is 8.41. The smallest absolute Gasteiger partial charge is 0.207 e. The predicted molar refractivity (Wildman–Crippen MR) is 91.5 cm³/mol. The van der Waals surface area contributed by atoms with Crippen molar-refractivity contribution < 1.29 is 21.6 Å². The topological polar surface area (TPSA) is 37.4 Å². The lowest BCUT2D eigenvalue weighted by Crippen LogP contribution is -2.36. The van der Waals surface area contributed by atoms with Crippen LogP contribution in [0.25, 0.3) is 0 Å². The van der Waals surface area contributed by atoms with Crippen LogP contribution in [-0.4, -0.2) is 25.8 Å². The number of alkyl halides is 3. The maximum absolute atomic E-state index is 12.9. The SMILES string of the molecule is CC.CC.Cc1c(C(F)(F)F)cccc1S(=O)(=O)N1CCCCC1. The Morgan fingerprint density at radius 2 is 1.46 bits per heavy atom. The van der Waals surface area contributed by atoms with E-state index in [1.54, 1.807) is 0 Å². The van der Waals surface area contributed by atoms with Gasteiger partial charge < -0.3 is 0 Å². The fourth-order valence-corrected chi connectivity index (χ4v) is 4.21. The highest BCUT2D eigenvalue weighted by molar-refractivity contribution is 7.89. The molecule has 1 aliphatic heterocycles. The molecule has 140 valence electrons. The van der Waals surface area contributed by atoms with Crippen molar-refractivity contribution in [1.29, 1.82) is 0 Å². The molecule has 3 nitrogen and oxygen atoms in total. The van der Waals surface area contributed by atoms with Crippen LogP contribution in [0.1, 0.15) is 58.1 Å². The Labute approximate surface area is 143 Å². The lowest BCUT2D eigenvalue weighted by atomic mass is 10.1. The first-order valence-corrected chi connectivity index (χ1v) is 9.85. The van der Waals surface area contributed by atoms with E-state index in [1.165, 1.54) is 17.3 Å². The Hall–Kier alpha value is -1.08. The normalized spacial score (nSPS) is 15.7. The molecule has 24 heavy (non-hydrogen) atoms. The van der Waals surface area contributed by atoms with E-state index in [0.29, 0.717) is 13.1 Å². The number of benzene rings is 1. The van der Waals surface area contributed by atoms with Gasteiger partial charge in [0.25, 0.3) is 0 Å². The molecule has 1 aromatic rings. The number of nitrogens with zero attached hydrogens (tertiary/aromatic N) is 1. The molecule has 0 spiro atoms. The quantitative estimate of drug-likeness (QED) is 0.717. The van der Waals surface area contributed by atoms with Crippen molar-refractivity contribution in [2.75, 3.05) is 13.1 Å². The fourth-order valence-electron chi connectivity index (χ4n) is 2.45. The summed E-state index contributed by atoms with van der Waals surface area (Å²) < 4.78 is 64.7. The molecule has 0 radical (unpaired) electrons. The molecule has 0 atom stereocenters. The van der Waals surface area contributed by atoms with Crippen molar-refractivity contribution in [2.24, 2.45) is 0 Å². The number of sulfonamides is 1. The lowest BCUT2D eigenvalue weighted by Gasteiger charge is -2.27. The Kier molecular flexibility index (Phi) is 9.58. The maximum Gasteiger partial charge on any atom is 0.416 e. The average Bonchev–Trinajstić information content (AvgIpc) is 2.58. The minimum absolute atomic E-state index is 0.231. The highest BCUT2D eigenvalue weighted by atomic mass is 32.2. The number of rotatable bonds is 2. The van der Waals surface area contributed by atoms with Crippen molar-refractivity contribution in [3.8, 4) is 0 Å². The Bertz CT molecular complexity index is 592. The van der Waals surface area contributed by atoms with Gasteiger partial charge in [0.2, 0.25) is 10.0 Å². The second-order valence-corrected chi connectivity index (χ2v) is 6.80. The zero-order valence-corrected chi connectivity index (χ0v) is 15.9. The molecule has 1 aromatic carbocycles. The molecule has 7 heteroatoms. The maximum atomic E-state index is 12.9. The Balaban J connectivity index is 0.00000123. The Morgan fingerprint density at radius 1 is 0.958 bits per heavy atom. The number of halogens is 3. The van der Waals surface area contributed by atoms with Crippen LogP contribution >= 0.6 is 0 Å². The second kappa shape index (κ2) is 10.0. The van der Waals surface area contributed by atoms with E-state index in [1.807, 2.05) is 27.7 Å². The average molecular weight is 367 g/mol. The summed E-state index contributed by atoms with van der Waals surface area (Å²) in [6, 6.07) is 3.30.